The molecule has 1 N–H and O–H groups in total. The molecule has 10 heteroatoms. The van der Waals surface area contributed by atoms with Gasteiger partial charge in [-0.25, -0.2) is 0 Å². The molecule has 3 aliphatic heterocycles. The third-order valence-corrected chi connectivity index (χ3v) is 8.56. The molecule has 6 rings (SSSR count). The summed E-state index contributed by atoms with van der Waals surface area (Å²) in [6.07, 6.45) is 3.96. The van der Waals surface area contributed by atoms with E-state index >= 15 is 0 Å². The van der Waals surface area contributed by atoms with Crippen LogP contribution in [0.3, 0.4) is 0 Å². The third-order valence-electron chi connectivity index (χ3n) is 8.56. The predicted octanol–water partition coefficient (Wildman–Crippen LogP) is 4.91. The van der Waals surface area contributed by atoms with Gasteiger partial charge in [-0.2, -0.15) is 0 Å². The monoisotopic (exact) mass is 579 g/mol. The topological polar surface area (TPSA) is 125 Å². The van der Waals surface area contributed by atoms with Crippen molar-refractivity contribution in [2.24, 2.45) is 4.99 Å². The average Bonchev–Trinajstić information content (AvgIpc) is 3.56. The van der Waals surface area contributed by atoms with Gasteiger partial charge in [0.1, 0.15) is 5.92 Å². The molecule has 10 nitrogen and oxygen atoms in total. The molecule has 0 spiro atoms. The van der Waals surface area contributed by atoms with Gasteiger partial charge in [0.05, 0.1) is 16.3 Å². The number of amides is 3. The number of nitro groups is 1. The standard InChI is InChI=1S/C33H33N5O5/c1-21(39)37-17-14-24-18-26(11-10-25(24)20-37)34-32(31-28-19-27(38(42)43)12-13-29(28)35-33(31)41)23-8-6-22(7-9-23)4-2-15-36-16-3-5-30(36)40/h6-13,18-19,31H,2-5,14-17,20H2,1H3,(H,35,41). The minimum Gasteiger partial charge on any atom is -0.343 e. The summed E-state index contributed by atoms with van der Waals surface area (Å²) in [5.41, 5.74) is 6.20. The van der Waals surface area contributed by atoms with Crippen LogP contribution in [-0.2, 0) is 33.8 Å². The Morgan fingerprint density at radius 2 is 1.84 bits per heavy atom. The van der Waals surface area contributed by atoms with Crippen LogP contribution in [0.5, 0.6) is 0 Å². The maximum atomic E-state index is 13.4. The number of nitrogens with zero attached hydrogens (tertiary/aromatic N) is 4. The Labute approximate surface area is 249 Å². The molecular formula is C33H33N5O5. The molecule has 0 aliphatic carbocycles. The number of likely N-dealkylation sites (tertiary alicyclic amines) is 1. The summed E-state index contributed by atoms with van der Waals surface area (Å²) < 4.78 is 0. The minimum atomic E-state index is -0.828. The summed E-state index contributed by atoms with van der Waals surface area (Å²) in [6, 6.07) is 18.2. The molecule has 0 radical (unpaired) electrons. The molecule has 3 amide bonds. The SMILES string of the molecule is CC(=O)N1CCc2cc(N=C(c3ccc(CCCN4CCCC4=O)cc3)C3C(=O)Nc4ccc([N+](=O)[O-])cc43)ccc2C1. The Balaban J connectivity index is 1.33. The second-order valence-electron chi connectivity index (χ2n) is 11.4. The average molecular weight is 580 g/mol. The lowest BCUT2D eigenvalue weighted by atomic mass is 9.89. The molecule has 3 aromatic rings. The molecule has 0 aromatic heterocycles. The maximum Gasteiger partial charge on any atom is 0.269 e. The Bertz CT molecular complexity index is 1650. The van der Waals surface area contributed by atoms with Crippen molar-refractivity contribution in [3.63, 3.8) is 0 Å². The van der Waals surface area contributed by atoms with Crippen molar-refractivity contribution in [3.05, 3.63) is 98.6 Å². The van der Waals surface area contributed by atoms with Gasteiger partial charge < -0.3 is 15.1 Å². The van der Waals surface area contributed by atoms with E-state index in [1.54, 1.807) is 13.0 Å². The fraction of sp³-hybridized carbons (Fsp3) is 0.333. The van der Waals surface area contributed by atoms with E-state index in [9.17, 15) is 24.5 Å². The minimum absolute atomic E-state index is 0.0445. The van der Waals surface area contributed by atoms with Crippen molar-refractivity contribution < 1.29 is 19.3 Å². The molecule has 3 heterocycles. The zero-order valence-electron chi connectivity index (χ0n) is 24.0. The summed E-state index contributed by atoms with van der Waals surface area (Å²) in [5.74, 6) is -0.845. The highest BCUT2D eigenvalue weighted by atomic mass is 16.6. The zero-order valence-corrected chi connectivity index (χ0v) is 24.0. The molecule has 220 valence electrons. The van der Waals surface area contributed by atoms with Gasteiger partial charge in [0, 0.05) is 62.9 Å². The van der Waals surface area contributed by atoms with E-state index in [0.29, 0.717) is 48.6 Å². The lowest BCUT2D eigenvalue weighted by Gasteiger charge is -2.28. The molecule has 0 bridgehead atoms. The molecule has 1 unspecified atom stereocenters. The van der Waals surface area contributed by atoms with E-state index in [1.165, 1.54) is 12.1 Å². The van der Waals surface area contributed by atoms with Crippen molar-refractivity contribution >= 4 is 40.5 Å². The maximum absolute atomic E-state index is 13.4. The normalized spacial score (nSPS) is 18.0. The van der Waals surface area contributed by atoms with Gasteiger partial charge in [0.25, 0.3) is 5.69 Å². The van der Waals surface area contributed by atoms with Crippen molar-refractivity contribution in [1.82, 2.24) is 9.80 Å². The lowest BCUT2D eigenvalue weighted by Crippen LogP contribution is -2.34. The fourth-order valence-electron chi connectivity index (χ4n) is 6.20. The van der Waals surface area contributed by atoms with Crippen LogP contribution in [0.1, 0.15) is 59.9 Å². The van der Waals surface area contributed by atoms with Crippen molar-refractivity contribution in [3.8, 4) is 0 Å². The molecule has 43 heavy (non-hydrogen) atoms. The molecular weight excluding hydrogens is 546 g/mol. The Hall–Kier alpha value is -4.86. The van der Waals surface area contributed by atoms with Gasteiger partial charge in [0.2, 0.25) is 17.7 Å². The zero-order chi connectivity index (χ0) is 30.1. The second kappa shape index (κ2) is 11.8. The first kappa shape index (κ1) is 28.3. The molecule has 3 aromatic carbocycles. The predicted molar refractivity (Wildman–Crippen MR) is 162 cm³/mol. The number of aliphatic imine (C=N–C) groups is 1. The number of hydrogen-bond acceptors (Lipinski definition) is 6. The lowest BCUT2D eigenvalue weighted by molar-refractivity contribution is -0.384. The van der Waals surface area contributed by atoms with E-state index in [-0.39, 0.29) is 23.4 Å². The highest BCUT2D eigenvalue weighted by Crippen LogP contribution is 2.38. The summed E-state index contributed by atoms with van der Waals surface area (Å²) in [5, 5.41) is 14.4. The van der Waals surface area contributed by atoms with E-state index in [2.05, 4.69) is 5.32 Å². The van der Waals surface area contributed by atoms with Crippen LogP contribution in [0.4, 0.5) is 17.1 Å². The first-order valence-electron chi connectivity index (χ1n) is 14.7. The number of carbonyl (C=O) groups excluding carboxylic acids is 3. The number of nitro benzene ring substituents is 1. The van der Waals surface area contributed by atoms with E-state index < -0.39 is 10.8 Å². The van der Waals surface area contributed by atoms with Crippen LogP contribution in [-0.4, -0.2) is 57.8 Å². The number of anilines is 1. The highest BCUT2D eigenvalue weighted by molar-refractivity contribution is 6.24. The number of carbonyl (C=O) groups is 3. The largest absolute Gasteiger partial charge is 0.343 e. The Morgan fingerprint density at radius 3 is 2.56 bits per heavy atom. The van der Waals surface area contributed by atoms with Gasteiger partial charge >= 0.3 is 0 Å². The first-order valence-corrected chi connectivity index (χ1v) is 14.7. The van der Waals surface area contributed by atoms with Gasteiger partial charge in [-0.1, -0.05) is 30.3 Å². The van der Waals surface area contributed by atoms with Crippen LogP contribution >= 0.6 is 0 Å². The van der Waals surface area contributed by atoms with Crippen molar-refractivity contribution in [2.45, 2.75) is 51.5 Å². The second-order valence-corrected chi connectivity index (χ2v) is 11.4. The first-order chi connectivity index (χ1) is 20.8. The third kappa shape index (κ3) is 5.90. The van der Waals surface area contributed by atoms with Gasteiger partial charge in [-0.05, 0) is 66.1 Å². The summed E-state index contributed by atoms with van der Waals surface area (Å²) in [4.78, 5) is 57.1. The molecule has 3 aliphatic rings. The molecule has 1 fully saturated rings. The van der Waals surface area contributed by atoms with Gasteiger partial charge in [0.15, 0.2) is 0 Å². The van der Waals surface area contributed by atoms with Gasteiger partial charge in [-0.3, -0.25) is 29.5 Å². The quantitative estimate of drug-likeness (QED) is 0.231. The molecule has 1 atom stereocenters. The van der Waals surface area contributed by atoms with E-state index in [0.717, 1.165) is 54.6 Å². The van der Waals surface area contributed by atoms with Crippen LogP contribution in [0.2, 0.25) is 0 Å². The fourth-order valence-corrected chi connectivity index (χ4v) is 6.20. The molecule has 0 saturated carbocycles. The Morgan fingerprint density at radius 1 is 1.02 bits per heavy atom. The number of fused-ring (bicyclic) bond motifs is 2. The summed E-state index contributed by atoms with van der Waals surface area (Å²) in [6.45, 7) is 4.34. The number of aryl methyl sites for hydroxylation is 1. The summed E-state index contributed by atoms with van der Waals surface area (Å²) in [7, 11) is 0. The van der Waals surface area contributed by atoms with E-state index in [4.69, 9.17) is 4.99 Å². The van der Waals surface area contributed by atoms with Crippen LogP contribution in [0, 0.1) is 10.1 Å². The molecule has 1 saturated heterocycles. The van der Waals surface area contributed by atoms with Crippen LogP contribution in [0.25, 0.3) is 0 Å². The summed E-state index contributed by atoms with van der Waals surface area (Å²) >= 11 is 0. The van der Waals surface area contributed by atoms with Crippen LogP contribution < -0.4 is 5.32 Å². The smallest absolute Gasteiger partial charge is 0.269 e. The number of hydrogen-bond donors (Lipinski definition) is 1. The number of nitrogens with one attached hydrogen (secondary N) is 1. The highest BCUT2D eigenvalue weighted by Gasteiger charge is 2.37. The van der Waals surface area contributed by atoms with Crippen molar-refractivity contribution in [2.75, 3.05) is 25.0 Å². The van der Waals surface area contributed by atoms with Crippen LogP contribution in [0.15, 0.2) is 65.7 Å². The van der Waals surface area contributed by atoms with E-state index in [1.807, 2.05) is 52.3 Å². The Kier molecular flexibility index (Phi) is 7.75. The number of rotatable bonds is 8. The number of non-ortho nitro benzene ring substituents is 1. The van der Waals surface area contributed by atoms with Gasteiger partial charge in [-0.15, -0.1) is 0 Å². The number of benzene rings is 3. The van der Waals surface area contributed by atoms with Crippen molar-refractivity contribution in [1.29, 1.82) is 0 Å².